The molecule has 0 fully saturated rings. The van der Waals surface area contributed by atoms with Gasteiger partial charge < -0.3 is 0 Å². The van der Waals surface area contributed by atoms with Crippen LogP contribution in [-0.4, -0.2) is 22.3 Å². The summed E-state index contributed by atoms with van der Waals surface area (Å²) in [6.45, 7) is 1.94. The number of carbonyl (C=O) groups is 1. The van der Waals surface area contributed by atoms with E-state index in [1.807, 2.05) is 43.3 Å². The largest absolute Gasteiger partial charge is 0.292 e. The van der Waals surface area contributed by atoms with Crippen LogP contribution in [0.15, 0.2) is 41.0 Å². The first-order valence-corrected chi connectivity index (χ1v) is 7.37. The SMILES string of the molecule is C/C(C=NNC(=O)c1n[nH]c2c1CCC2)=C\c1ccccc1. The normalized spacial score (nSPS) is 14.3. The van der Waals surface area contributed by atoms with Gasteiger partial charge in [0.25, 0.3) is 5.91 Å². The average Bonchev–Trinajstić information content (AvgIpc) is 3.10. The maximum atomic E-state index is 12.1. The van der Waals surface area contributed by atoms with E-state index in [9.17, 15) is 4.79 Å². The van der Waals surface area contributed by atoms with E-state index in [-0.39, 0.29) is 5.91 Å². The summed E-state index contributed by atoms with van der Waals surface area (Å²) in [5.74, 6) is -0.261. The van der Waals surface area contributed by atoms with Gasteiger partial charge in [0.1, 0.15) is 0 Å². The van der Waals surface area contributed by atoms with Crippen LogP contribution < -0.4 is 5.43 Å². The lowest BCUT2D eigenvalue weighted by Crippen LogP contribution is -2.19. The minimum absolute atomic E-state index is 0.261. The monoisotopic (exact) mass is 294 g/mol. The van der Waals surface area contributed by atoms with Gasteiger partial charge in [0.2, 0.25) is 0 Å². The highest BCUT2D eigenvalue weighted by Crippen LogP contribution is 2.22. The second-order valence-electron chi connectivity index (χ2n) is 5.38. The number of nitrogens with zero attached hydrogens (tertiary/aromatic N) is 2. The topological polar surface area (TPSA) is 70.1 Å². The van der Waals surface area contributed by atoms with Gasteiger partial charge >= 0.3 is 0 Å². The van der Waals surface area contributed by atoms with Crippen LogP contribution >= 0.6 is 0 Å². The third-order valence-electron chi connectivity index (χ3n) is 3.65. The molecule has 2 aromatic rings. The number of hydrazone groups is 1. The van der Waals surface area contributed by atoms with Gasteiger partial charge in [-0.1, -0.05) is 36.4 Å². The Kier molecular flexibility index (Phi) is 4.14. The van der Waals surface area contributed by atoms with E-state index in [1.165, 1.54) is 0 Å². The van der Waals surface area contributed by atoms with Crippen molar-refractivity contribution in [1.29, 1.82) is 0 Å². The predicted octanol–water partition coefficient (Wildman–Crippen LogP) is 2.72. The van der Waals surface area contributed by atoms with Crippen LogP contribution in [0.3, 0.4) is 0 Å². The van der Waals surface area contributed by atoms with Crippen molar-refractivity contribution < 1.29 is 4.79 Å². The zero-order valence-electron chi connectivity index (χ0n) is 12.5. The van der Waals surface area contributed by atoms with Gasteiger partial charge in [0.05, 0.1) is 6.21 Å². The van der Waals surface area contributed by atoms with E-state index in [4.69, 9.17) is 0 Å². The van der Waals surface area contributed by atoms with Gasteiger partial charge in [-0.3, -0.25) is 9.89 Å². The Hall–Kier alpha value is -2.69. The Bertz CT molecular complexity index is 728. The van der Waals surface area contributed by atoms with Gasteiger partial charge in [-0.05, 0) is 37.3 Å². The zero-order chi connectivity index (χ0) is 15.4. The molecule has 0 atom stereocenters. The number of benzene rings is 1. The maximum absolute atomic E-state index is 12.1. The van der Waals surface area contributed by atoms with Crippen molar-refractivity contribution in [3.63, 3.8) is 0 Å². The molecule has 0 unspecified atom stereocenters. The number of hydrogen-bond acceptors (Lipinski definition) is 3. The molecule has 1 amide bonds. The molecule has 1 aromatic heterocycles. The molecule has 0 bridgehead atoms. The summed E-state index contributed by atoms with van der Waals surface area (Å²) in [7, 11) is 0. The Labute approximate surface area is 129 Å². The molecule has 0 saturated carbocycles. The van der Waals surface area contributed by atoms with Crippen LogP contribution in [0.5, 0.6) is 0 Å². The van der Waals surface area contributed by atoms with E-state index < -0.39 is 0 Å². The summed E-state index contributed by atoms with van der Waals surface area (Å²) in [5.41, 5.74) is 7.17. The number of allylic oxidation sites excluding steroid dienone is 1. The van der Waals surface area contributed by atoms with Crippen molar-refractivity contribution >= 4 is 18.2 Å². The molecule has 1 aromatic carbocycles. The maximum Gasteiger partial charge on any atom is 0.292 e. The van der Waals surface area contributed by atoms with Crippen LogP contribution in [0.2, 0.25) is 0 Å². The molecule has 2 N–H and O–H groups in total. The van der Waals surface area contributed by atoms with Gasteiger partial charge in [0, 0.05) is 11.3 Å². The predicted molar refractivity (Wildman–Crippen MR) is 86.7 cm³/mol. The molecular weight excluding hydrogens is 276 g/mol. The number of aryl methyl sites for hydroxylation is 1. The fraction of sp³-hybridized carbons (Fsp3) is 0.235. The molecular formula is C17H18N4O. The van der Waals surface area contributed by atoms with E-state index in [2.05, 4.69) is 20.7 Å². The van der Waals surface area contributed by atoms with Crippen molar-refractivity contribution in [2.24, 2.45) is 5.10 Å². The summed E-state index contributed by atoms with van der Waals surface area (Å²) in [5, 5.41) is 11.0. The van der Waals surface area contributed by atoms with E-state index in [0.29, 0.717) is 5.69 Å². The van der Waals surface area contributed by atoms with Gasteiger partial charge in [-0.25, -0.2) is 5.43 Å². The van der Waals surface area contributed by atoms with Gasteiger partial charge in [-0.15, -0.1) is 0 Å². The summed E-state index contributed by atoms with van der Waals surface area (Å²) in [6, 6.07) is 9.97. The number of rotatable bonds is 4. The first-order valence-electron chi connectivity index (χ1n) is 7.37. The second kappa shape index (κ2) is 6.39. The highest BCUT2D eigenvalue weighted by atomic mass is 16.2. The van der Waals surface area contributed by atoms with Crippen LogP contribution in [-0.2, 0) is 12.8 Å². The third-order valence-corrected chi connectivity index (χ3v) is 3.65. The number of nitrogens with one attached hydrogen (secondary N) is 2. The van der Waals surface area contributed by atoms with Crippen LogP contribution in [0.4, 0.5) is 0 Å². The number of aromatic amines is 1. The molecule has 0 saturated heterocycles. The van der Waals surface area contributed by atoms with Crippen LogP contribution in [0.1, 0.15) is 40.7 Å². The highest BCUT2D eigenvalue weighted by molar-refractivity contribution is 5.95. The van der Waals surface area contributed by atoms with E-state index in [0.717, 1.165) is 41.7 Å². The summed E-state index contributed by atoms with van der Waals surface area (Å²) in [6.07, 6.45) is 6.59. The summed E-state index contributed by atoms with van der Waals surface area (Å²) >= 11 is 0. The number of H-pyrrole nitrogens is 1. The van der Waals surface area contributed by atoms with Gasteiger partial charge in [-0.2, -0.15) is 10.2 Å². The van der Waals surface area contributed by atoms with E-state index >= 15 is 0 Å². The van der Waals surface area contributed by atoms with Crippen molar-refractivity contribution in [2.75, 3.05) is 0 Å². The number of fused-ring (bicyclic) bond motifs is 1. The third kappa shape index (κ3) is 3.14. The van der Waals surface area contributed by atoms with Crippen molar-refractivity contribution in [2.45, 2.75) is 26.2 Å². The standard InChI is InChI=1S/C17H18N4O/c1-12(10-13-6-3-2-4-7-13)11-18-21-17(22)16-14-8-5-9-15(14)19-20-16/h2-4,6-7,10-11H,5,8-9H2,1H3,(H,19,20)(H,21,22)/b12-10+,18-11?. The lowest BCUT2D eigenvalue weighted by Gasteiger charge is -1.98. The fourth-order valence-corrected chi connectivity index (χ4v) is 2.60. The molecule has 0 aliphatic heterocycles. The summed E-state index contributed by atoms with van der Waals surface area (Å²) in [4.78, 5) is 12.1. The molecule has 112 valence electrons. The summed E-state index contributed by atoms with van der Waals surface area (Å²) < 4.78 is 0. The number of aromatic nitrogens is 2. The Morgan fingerprint density at radius 2 is 2.14 bits per heavy atom. The average molecular weight is 294 g/mol. The van der Waals surface area contributed by atoms with Crippen molar-refractivity contribution in [3.05, 3.63) is 58.4 Å². The van der Waals surface area contributed by atoms with Crippen molar-refractivity contribution in [1.82, 2.24) is 15.6 Å². The molecule has 5 nitrogen and oxygen atoms in total. The fourth-order valence-electron chi connectivity index (χ4n) is 2.60. The molecule has 1 aliphatic carbocycles. The minimum Gasteiger partial charge on any atom is -0.281 e. The first kappa shape index (κ1) is 14.3. The molecule has 3 rings (SSSR count). The molecule has 0 spiro atoms. The minimum atomic E-state index is -0.261. The van der Waals surface area contributed by atoms with E-state index in [1.54, 1.807) is 6.21 Å². The molecule has 5 heteroatoms. The number of carbonyl (C=O) groups excluding carboxylic acids is 1. The number of amides is 1. The Morgan fingerprint density at radius 3 is 2.95 bits per heavy atom. The molecule has 1 aliphatic rings. The lowest BCUT2D eigenvalue weighted by molar-refractivity contribution is 0.0949. The lowest BCUT2D eigenvalue weighted by atomic mass is 10.1. The molecule has 1 heterocycles. The smallest absolute Gasteiger partial charge is 0.281 e. The second-order valence-corrected chi connectivity index (χ2v) is 5.38. The number of hydrogen-bond donors (Lipinski definition) is 2. The van der Waals surface area contributed by atoms with Gasteiger partial charge in [0.15, 0.2) is 5.69 Å². The zero-order valence-corrected chi connectivity index (χ0v) is 12.5. The molecule has 22 heavy (non-hydrogen) atoms. The van der Waals surface area contributed by atoms with Crippen molar-refractivity contribution in [3.8, 4) is 0 Å². The Morgan fingerprint density at radius 1 is 1.32 bits per heavy atom. The quantitative estimate of drug-likeness (QED) is 0.672. The first-order chi connectivity index (χ1) is 10.7. The highest BCUT2D eigenvalue weighted by Gasteiger charge is 2.22. The Balaban J connectivity index is 1.62. The van der Waals surface area contributed by atoms with Crippen LogP contribution in [0.25, 0.3) is 6.08 Å². The van der Waals surface area contributed by atoms with Crippen LogP contribution in [0, 0.1) is 0 Å². The molecule has 0 radical (unpaired) electrons.